The summed E-state index contributed by atoms with van der Waals surface area (Å²) in [6, 6.07) is 22.6. The third-order valence-corrected chi connectivity index (χ3v) is 7.09. The van der Waals surface area contributed by atoms with Gasteiger partial charge in [0, 0.05) is 50.0 Å². The molecule has 0 unspecified atom stereocenters. The maximum absolute atomic E-state index is 6.22. The molecule has 0 radical (unpaired) electrons. The fourth-order valence-corrected chi connectivity index (χ4v) is 5.11. The van der Waals surface area contributed by atoms with Gasteiger partial charge in [-0.15, -0.1) is 0 Å². The van der Waals surface area contributed by atoms with Crippen molar-refractivity contribution < 1.29 is 9.15 Å². The number of fused-ring (bicyclic) bond motifs is 1. The second-order valence-electron chi connectivity index (χ2n) is 9.82. The second-order valence-corrected chi connectivity index (χ2v) is 9.82. The van der Waals surface area contributed by atoms with Crippen LogP contribution in [-0.2, 0) is 19.5 Å². The lowest BCUT2D eigenvalue weighted by atomic mass is 10.1. The van der Waals surface area contributed by atoms with Crippen LogP contribution in [0.1, 0.15) is 29.7 Å². The third kappa shape index (κ3) is 6.01. The Kier molecular flexibility index (Phi) is 7.14. The lowest BCUT2D eigenvalue weighted by Gasteiger charge is -2.25. The third-order valence-electron chi connectivity index (χ3n) is 7.09. The Bertz CT molecular complexity index is 1300. The number of likely N-dealkylation sites (tertiary alicyclic amines) is 1. The van der Waals surface area contributed by atoms with Gasteiger partial charge in [0.1, 0.15) is 23.8 Å². The minimum atomic E-state index is 0.542. The maximum atomic E-state index is 6.22. The van der Waals surface area contributed by atoms with E-state index in [2.05, 4.69) is 56.5 Å². The zero-order valence-corrected chi connectivity index (χ0v) is 21.1. The summed E-state index contributed by atoms with van der Waals surface area (Å²) >= 11 is 0. The SMILES string of the molecule is c1ccc(CN2CCc3oc(-c4ccnc(Nc5ccc(OCCN6CCCC6)cc5)n4)cc3C2)cc1. The molecular weight excluding hydrogens is 462 g/mol. The molecule has 1 saturated heterocycles. The molecule has 0 saturated carbocycles. The van der Waals surface area contributed by atoms with Gasteiger partial charge in [0.2, 0.25) is 5.95 Å². The average molecular weight is 496 g/mol. The van der Waals surface area contributed by atoms with Crippen LogP contribution in [0.15, 0.2) is 77.3 Å². The molecule has 190 valence electrons. The Morgan fingerprint density at radius 1 is 0.919 bits per heavy atom. The quantitative estimate of drug-likeness (QED) is 0.328. The normalized spacial score (nSPS) is 16.0. The number of ether oxygens (including phenoxy) is 1. The van der Waals surface area contributed by atoms with Crippen LogP contribution in [0.2, 0.25) is 0 Å². The molecule has 37 heavy (non-hydrogen) atoms. The Morgan fingerprint density at radius 2 is 1.76 bits per heavy atom. The molecule has 2 aliphatic heterocycles. The first kappa shape index (κ1) is 23.7. The molecule has 0 spiro atoms. The van der Waals surface area contributed by atoms with Gasteiger partial charge in [0.15, 0.2) is 5.76 Å². The minimum absolute atomic E-state index is 0.542. The lowest BCUT2D eigenvalue weighted by Crippen LogP contribution is -2.29. The van der Waals surface area contributed by atoms with E-state index in [1.165, 1.54) is 37.1 Å². The number of benzene rings is 2. The van der Waals surface area contributed by atoms with Crippen molar-refractivity contribution in [1.29, 1.82) is 0 Å². The molecule has 7 heteroatoms. The van der Waals surface area contributed by atoms with Crippen molar-refractivity contribution in [3.8, 4) is 17.2 Å². The minimum Gasteiger partial charge on any atom is -0.492 e. The zero-order chi connectivity index (χ0) is 24.9. The summed E-state index contributed by atoms with van der Waals surface area (Å²) in [6.07, 6.45) is 5.28. The number of nitrogens with zero attached hydrogens (tertiary/aromatic N) is 4. The predicted octanol–water partition coefficient (Wildman–Crippen LogP) is 5.51. The van der Waals surface area contributed by atoms with Gasteiger partial charge >= 0.3 is 0 Å². The Labute approximate surface area is 218 Å². The fraction of sp³-hybridized carbons (Fsp3) is 0.333. The molecule has 0 aliphatic carbocycles. The van der Waals surface area contributed by atoms with E-state index in [4.69, 9.17) is 14.1 Å². The molecule has 2 aromatic carbocycles. The van der Waals surface area contributed by atoms with Crippen LogP contribution >= 0.6 is 0 Å². The van der Waals surface area contributed by atoms with E-state index in [0.717, 1.165) is 67.9 Å². The van der Waals surface area contributed by atoms with E-state index in [1.54, 1.807) is 6.20 Å². The summed E-state index contributed by atoms with van der Waals surface area (Å²) in [5, 5.41) is 3.30. The van der Waals surface area contributed by atoms with Gasteiger partial charge in [-0.1, -0.05) is 30.3 Å². The number of nitrogens with one attached hydrogen (secondary N) is 1. The molecule has 1 N–H and O–H groups in total. The molecule has 0 atom stereocenters. The molecule has 4 aromatic rings. The van der Waals surface area contributed by atoms with Gasteiger partial charge in [-0.25, -0.2) is 9.97 Å². The smallest absolute Gasteiger partial charge is 0.227 e. The van der Waals surface area contributed by atoms with Gasteiger partial charge in [-0.05, 0) is 67.9 Å². The highest BCUT2D eigenvalue weighted by Crippen LogP contribution is 2.30. The zero-order valence-electron chi connectivity index (χ0n) is 21.1. The summed E-state index contributed by atoms with van der Waals surface area (Å²) in [4.78, 5) is 14.0. The van der Waals surface area contributed by atoms with E-state index < -0.39 is 0 Å². The number of aromatic nitrogens is 2. The molecule has 6 rings (SSSR count). The standard InChI is InChI=1S/C30H33N5O2/c1-2-6-23(7-3-1)21-35-17-13-28-24(22-35)20-29(37-28)27-12-14-31-30(33-27)32-25-8-10-26(11-9-25)36-19-18-34-15-4-5-16-34/h1-3,6-12,14,20H,4-5,13,15-19,21-22H2,(H,31,32,33). The summed E-state index contributed by atoms with van der Waals surface area (Å²) in [7, 11) is 0. The van der Waals surface area contributed by atoms with E-state index in [9.17, 15) is 0 Å². The predicted molar refractivity (Wildman–Crippen MR) is 145 cm³/mol. The lowest BCUT2D eigenvalue weighted by molar-refractivity contribution is 0.234. The summed E-state index contributed by atoms with van der Waals surface area (Å²) in [5.74, 6) is 3.27. The molecule has 2 aromatic heterocycles. The summed E-state index contributed by atoms with van der Waals surface area (Å²) in [5.41, 5.74) is 4.27. The first-order valence-corrected chi connectivity index (χ1v) is 13.2. The first-order chi connectivity index (χ1) is 18.3. The molecule has 4 heterocycles. The van der Waals surface area contributed by atoms with E-state index in [0.29, 0.717) is 5.95 Å². The van der Waals surface area contributed by atoms with E-state index in [-0.39, 0.29) is 0 Å². The highest BCUT2D eigenvalue weighted by atomic mass is 16.5. The first-order valence-electron chi connectivity index (χ1n) is 13.2. The van der Waals surface area contributed by atoms with Crippen molar-refractivity contribution in [2.45, 2.75) is 32.4 Å². The van der Waals surface area contributed by atoms with Crippen LogP contribution in [0.4, 0.5) is 11.6 Å². The highest BCUT2D eigenvalue weighted by Gasteiger charge is 2.22. The molecule has 2 aliphatic rings. The number of furan rings is 1. The molecule has 0 amide bonds. The number of rotatable bonds is 9. The Morgan fingerprint density at radius 3 is 2.59 bits per heavy atom. The summed E-state index contributed by atoms with van der Waals surface area (Å²) < 4.78 is 12.1. The van der Waals surface area contributed by atoms with Gasteiger partial charge in [0.25, 0.3) is 0 Å². The van der Waals surface area contributed by atoms with Crippen molar-refractivity contribution in [3.05, 3.63) is 89.8 Å². The van der Waals surface area contributed by atoms with Crippen LogP contribution in [-0.4, -0.2) is 52.6 Å². The van der Waals surface area contributed by atoms with Crippen molar-refractivity contribution >= 4 is 11.6 Å². The monoisotopic (exact) mass is 495 g/mol. The fourth-order valence-electron chi connectivity index (χ4n) is 5.11. The van der Waals surface area contributed by atoms with Gasteiger partial charge < -0.3 is 14.5 Å². The number of hydrogen-bond donors (Lipinski definition) is 1. The number of hydrogen-bond acceptors (Lipinski definition) is 7. The van der Waals surface area contributed by atoms with Crippen LogP contribution < -0.4 is 10.1 Å². The summed E-state index contributed by atoms with van der Waals surface area (Å²) in [6.45, 7) is 6.92. The molecule has 7 nitrogen and oxygen atoms in total. The second kappa shape index (κ2) is 11.2. The largest absolute Gasteiger partial charge is 0.492 e. The van der Waals surface area contributed by atoms with E-state index in [1.807, 2.05) is 30.3 Å². The van der Waals surface area contributed by atoms with Gasteiger partial charge in [-0.2, -0.15) is 0 Å². The number of anilines is 2. The molecule has 0 bridgehead atoms. The van der Waals surface area contributed by atoms with Crippen LogP contribution in [0.5, 0.6) is 5.75 Å². The van der Waals surface area contributed by atoms with Gasteiger partial charge in [-0.3, -0.25) is 9.80 Å². The topological polar surface area (TPSA) is 66.7 Å². The van der Waals surface area contributed by atoms with Crippen molar-refractivity contribution in [2.24, 2.45) is 0 Å². The van der Waals surface area contributed by atoms with E-state index >= 15 is 0 Å². The van der Waals surface area contributed by atoms with Crippen molar-refractivity contribution in [1.82, 2.24) is 19.8 Å². The van der Waals surface area contributed by atoms with Crippen molar-refractivity contribution in [2.75, 3.05) is 38.1 Å². The van der Waals surface area contributed by atoms with Crippen molar-refractivity contribution in [3.63, 3.8) is 0 Å². The highest BCUT2D eigenvalue weighted by molar-refractivity contribution is 5.59. The van der Waals surface area contributed by atoms with Crippen LogP contribution in [0.25, 0.3) is 11.5 Å². The average Bonchev–Trinajstić information content (AvgIpc) is 3.60. The van der Waals surface area contributed by atoms with Crippen LogP contribution in [0, 0.1) is 0 Å². The van der Waals surface area contributed by atoms with Gasteiger partial charge in [0.05, 0.1) is 0 Å². The Balaban J connectivity index is 1.06. The maximum Gasteiger partial charge on any atom is 0.227 e. The molecular formula is C30H33N5O2. The molecule has 1 fully saturated rings. The van der Waals surface area contributed by atoms with Crippen LogP contribution in [0.3, 0.4) is 0 Å². The Hall–Kier alpha value is -3.68.